The van der Waals surface area contributed by atoms with Crippen LogP contribution in [0.15, 0.2) is 79.0 Å². The van der Waals surface area contributed by atoms with Crippen molar-refractivity contribution in [3.05, 3.63) is 84.6 Å². The lowest BCUT2D eigenvalue weighted by molar-refractivity contribution is 0.121. The molecule has 3 aromatic carbocycles. The second-order valence-corrected chi connectivity index (χ2v) is 8.96. The average Bonchev–Trinajstić information content (AvgIpc) is 3.23. The maximum Gasteiger partial charge on any atom is 0.513 e. The van der Waals surface area contributed by atoms with Gasteiger partial charge in [0.05, 0.1) is 18.3 Å². The summed E-state index contributed by atoms with van der Waals surface area (Å²) in [5, 5.41) is 5.56. The van der Waals surface area contributed by atoms with Crippen LogP contribution in [-0.2, 0) is 10.3 Å². The lowest BCUT2D eigenvalue weighted by atomic mass is 9.72. The number of fused-ring (bicyclic) bond motifs is 3. The van der Waals surface area contributed by atoms with E-state index in [4.69, 9.17) is 20.6 Å². The third-order valence-electron chi connectivity index (χ3n) is 6.80. The van der Waals surface area contributed by atoms with E-state index < -0.39 is 6.16 Å². The average molecular weight is 465 g/mol. The molecule has 0 bridgehead atoms. The number of hydrogen-bond donors (Lipinski definition) is 1. The zero-order chi connectivity index (χ0) is 24.0. The Kier molecular flexibility index (Phi) is 5.00. The van der Waals surface area contributed by atoms with E-state index in [1.54, 1.807) is 16.6 Å². The number of methoxy groups -OCH3 is 1. The summed E-state index contributed by atoms with van der Waals surface area (Å²) in [5.74, 6) is 0.360. The molecule has 2 N–H and O–H groups in total. The summed E-state index contributed by atoms with van der Waals surface area (Å²) in [6, 6.07) is 23.9. The molecule has 174 valence electrons. The van der Waals surface area contributed by atoms with E-state index in [1.807, 2.05) is 30.5 Å². The largest absolute Gasteiger partial charge is 0.513 e. The second-order valence-electron chi connectivity index (χ2n) is 8.96. The molecule has 7 heteroatoms. The first-order chi connectivity index (χ1) is 17.0. The predicted molar refractivity (Wildman–Crippen MR) is 134 cm³/mol. The SMILES string of the molecule is COC(=O)Oc1ccc2c(c1)nn1cc(-c3ccccc3)c(-c3ccc(C4(N)CCC4)cc3)nc21. The highest BCUT2D eigenvalue weighted by Crippen LogP contribution is 2.40. The van der Waals surface area contributed by atoms with Gasteiger partial charge in [0, 0.05) is 34.3 Å². The first kappa shape index (κ1) is 21.3. The molecular formula is C28H24N4O3. The number of nitrogens with two attached hydrogens (primary N) is 1. The van der Waals surface area contributed by atoms with Crippen LogP contribution in [0.4, 0.5) is 4.79 Å². The Bertz CT molecular complexity index is 1550. The van der Waals surface area contributed by atoms with Gasteiger partial charge in [-0.3, -0.25) is 0 Å². The van der Waals surface area contributed by atoms with Crippen molar-refractivity contribution in [3.63, 3.8) is 0 Å². The van der Waals surface area contributed by atoms with E-state index in [1.165, 1.54) is 19.1 Å². The van der Waals surface area contributed by atoms with Crippen molar-refractivity contribution < 1.29 is 14.3 Å². The van der Waals surface area contributed by atoms with Crippen LogP contribution in [0.1, 0.15) is 24.8 Å². The number of rotatable bonds is 4. The van der Waals surface area contributed by atoms with E-state index in [0.717, 1.165) is 46.3 Å². The normalized spacial score (nSPS) is 14.6. The maximum atomic E-state index is 11.5. The Morgan fingerprint density at radius 1 is 1.00 bits per heavy atom. The van der Waals surface area contributed by atoms with Crippen LogP contribution in [0.2, 0.25) is 0 Å². The Labute approximate surface area is 202 Å². The molecule has 0 saturated heterocycles. The van der Waals surface area contributed by atoms with Crippen molar-refractivity contribution in [2.75, 3.05) is 7.11 Å². The maximum absolute atomic E-state index is 11.5. The zero-order valence-electron chi connectivity index (χ0n) is 19.3. The lowest BCUT2D eigenvalue weighted by Gasteiger charge is -2.38. The fourth-order valence-corrected chi connectivity index (χ4v) is 4.68. The molecule has 1 saturated carbocycles. The zero-order valence-corrected chi connectivity index (χ0v) is 19.3. The van der Waals surface area contributed by atoms with E-state index in [9.17, 15) is 4.79 Å². The predicted octanol–water partition coefficient (Wildman–Crippen LogP) is 5.70. The molecular weight excluding hydrogens is 440 g/mol. The highest BCUT2D eigenvalue weighted by Gasteiger charge is 2.34. The molecule has 1 aliphatic rings. The highest BCUT2D eigenvalue weighted by atomic mass is 16.7. The molecule has 2 heterocycles. The molecule has 0 unspecified atom stereocenters. The molecule has 2 aromatic heterocycles. The van der Waals surface area contributed by atoms with Gasteiger partial charge in [-0.15, -0.1) is 0 Å². The summed E-state index contributed by atoms with van der Waals surface area (Å²) in [6.45, 7) is 0. The van der Waals surface area contributed by atoms with Gasteiger partial charge in [0.2, 0.25) is 0 Å². The van der Waals surface area contributed by atoms with Crippen molar-refractivity contribution in [1.29, 1.82) is 0 Å². The van der Waals surface area contributed by atoms with Crippen molar-refractivity contribution in [2.45, 2.75) is 24.8 Å². The van der Waals surface area contributed by atoms with Crippen LogP contribution in [-0.4, -0.2) is 27.9 Å². The number of carbonyl (C=O) groups is 1. The van der Waals surface area contributed by atoms with Crippen molar-refractivity contribution in [3.8, 4) is 28.1 Å². The van der Waals surface area contributed by atoms with Crippen LogP contribution in [0.3, 0.4) is 0 Å². The standard InChI is InChI=1S/C28H24N4O3/c1-34-27(33)35-21-12-13-22-24(16-21)31-32-17-23(18-6-3-2-4-7-18)25(30-26(22)32)19-8-10-20(11-9-19)28(29)14-5-15-28/h2-4,6-13,16-17H,5,14-15,29H2,1H3. The van der Waals surface area contributed by atoms with Gasteiger partial charge in [-0.2, -0.15) is 5.10 Å². The molecule has 5 aromatic rings. The summed E-state index contributed by atoms with van der Waals surface area (Å²) < 4.78 is 11.5. The van der Waals surface area contributed by atoms with Crippen molar-refractivity contribution >= 4 is 22.7 Å². The van der Waals surface area contributed by atoms with Gasteiger partial charge in [0.15, 0.2) is 5.65 Å². The number of ether oxygens (including phenoxy) is 2. The van der Waals surface area contributed by atoms with Crippen LogP contribution in [0, 0.1) is 0 Å². The number of hydrogen-bond acceptors (Lipinski definition) is 6. The molecule has 1 fully saturated rings. The summed E-state index contributed by atoms with van der Waals surface area (Å²) in [5.41, 5.74) is 12.8. The molecule has 6 rings (SSSR count). The molecule has 0 amide bonds. The molecule has 1 aliphatic carbocycles. The van der Waals surface area contributed by atoms with Crippen molar-refractivity contribution in [1.82, 2.24) is 14.6 Å². The van der Waals surface area contributed by atoms with Gasteiger partial charge in [-0.25, -0.2) is 14.3 Å². The summed E-state index contributed by atoms with van der Waals surface area (Å²) in [4.78, 5) is 16.6. The molecule has 0 aliphatic heterocycles. The Morgan fingerprint density at radius 2 is 1.77 bits per heavy atom. The molecule has 35 heavy (non-hydrogen) atoms. The van der Waals surface area contributed by atoms with E-state index in [0.29, 0.717) is 11.3 Å². The van der Waals surface area contributed by atoms with E-state index in [2.05, 4.69) is 41.1 Å². The third-order valence-corrected chi connectivity index (χ3v) is 6.80. The van der Waals surface area contributed by atoms with Crippen molar-refractivity contribution in [2.24, 2.45) is 5.73 Å². The number of aromatic nitrogens is 3. The Hall–Kier alpha value is -4.23. The minimum absolute atomic E-state index is 0.205. The minimum atomic E-state index is -0.774. The Balaban J connectivity index is 1.51. The van der Waals surface area contributed by atoms with Gasteiger partial charge in [-0.05, 0) is 42.5 Å². The quantitative estimate of drug-likeness (QED) is 0.271. The van der Waals surface area contributed by atoms with Gasteiger partial charge < -0.3 is 15.2 Å². The lowest BCUT2D eigenvalue weighted by Crippen LogP contribution is -2.43. The summed E-state index contributed by atoms with van der Waals surface area (Å²) in [7, 11) is 1.27. The first-order valence-corrected chi connectivity index (χ1v) is 11.6. The van der Waals surface area contributed by atoms with E-state index in [-0.39, 0.29) is 5.54 Å². The van der Waals surface area contributed by atoms with Crippen LogP contribution in [0.5, 0.6) is 5.75 Å². The van der Waals surface area contributed by atoms with Crippen LogP contribution < -0.4 is 10.5 Å². The van der Waals surface area contributed by atoms with Gasteiger partial charge >= 0.3 is 6.16 Å². The topological polar surface area (TPSA) is 91.7 Å². The fraction of sp³-hybridized carbons (Fsp3) is 0.179. The van der Waals surface area contributed by atoms with Gasteiger partial charge in [-0.1, -0.05) is 54.6 Å². The minimum Gasteiger partial charge on any atom is -0.437 e. The number of carbonyl (C=O) groups excluding carboxylic acids is 1. The number of benzene rings is 3. The van der Waals surface area contributed by atoms with Gasteiger partial charge in [0.1, 0.15) is 5.75 Å². The van der Waals surface area contributed by atoms with Crippen LogP contribution in [0.25, 0.3) is 38.9 Å². The monoisotopic (exact) mass is 464 g/mol. The Morgan fingerprint density at radius 3 is 2.46 bits per heavy atom. The van der Waals surface area contributed by atoms with E-state index >= 15 is 0 Å². The highest BCUT2D eigenvalue weighted by molar-refractivity contribution is 5.95. The molecule has 0 atom stereocenters. The smallest absolute Gasteiger partial charge is 0.437 e. The molecule has 0 radical (unpaired) electrons. The fourth-order valence-electron chi connectivity index (χ4n) is 4.68. The first-order valence-electron chi connectivity index (χ1n) is 11.6. The van der Waals surface area contributed by atoms with Gasteiger partial charge in [0.25, 0.3) is 0 Å². The van der Waals surface area contributed by atoms with Crippen LogP contribution >= 0.6 is 0 Å². The molecule has 0 spiro atoms. The second kappa shape index (κ2) is 8.21. The molecule has 7 nitrogen and oxygen atoms in total. The number of nitrogens with zero attached hydrogens (tertiary/aromatic N) is 3. The summed E-state index contributed by atoms with van der Waals surface area (Å²) >= 11 is 0. The third kappa shape index (κ3) is 3.70. The summed E-state index contributed by atoms with van der Waals surface area (Å²) in [6.07, 6.45) is 4.45.